The normalized spacial score (nSPS) is 30.0. The molecule has 0 radical (unpaired) electrons. The Morgan fingerprint density at radius 3 is 2.59 bits per heavy atom. The van der Waals surface area contributed by atoms with Gasteiger partial charge in [-0.05, 0) is 30.4 Å². The molecule has 0 aromatic carbocycles. The smallest absolute Gasteiger partial charge is 0.193 e. The van der Waals surface area contributed by atoms with Crippen LogP contribution in [0.15, 0.2) is 4.99 Å². The Morgan fingerprint density at radius 1 is 1.26 bits per heavy atom. The lowest BCUT2D eigenvalue weighted by Crippen LogP contribution is -2.60. The summed E-state index contributed by atoms with van der Waals surface area (Å²) in [5.41, 5.74) is 0.277. The third-order valence-electron chi connectivity index (χ3n) is 6.79. The van der Waals surface area contributed by atoms with Crippen LogP contribution in [0.1, 0.15) is 39.5 Å². The first-order valence-corrected chi connectivity index (χ1v) is 11.7. The summed E-state index contributed by atoms with van der Waals surface area (Å²) in [6.45, 7) is 11.9. The number of nitrogens with zero attached hydrogens (tertiary/aromatic N) is 3. The molecule has 0 spiro atoms. The third-order valence-corrected chi connectivity index (χ3v) is 8.03. The van der Waals surface area contributed by atoms with Crippen molar-refractivity contribution >= 4 is 41.7 Å². The predicted octanol–water partition coefficient (Wildman–Crippen LogP) is 3.15. The number of thioether (sulfide) groups is 1. The van der Waals surface area contributed by atoms with Crippen molar-refractivity contribution in [3.63, 3.8) is 0 Å². The number of rotatable bonds is 6. The molecule has 158 valence electrons. The van der Waals surface area contributed by atoms with Gasteiger partial charge in [0, 0.05) is 51.1 Å². The molecule has 0 bridgehead atoms. The van der Waals surface area contributed by atoms with E-state index < -0.39 is 0 Å². The van der Waals surface area contributed by atoms with E-state index >= 15 is 0 Å². The van der Waals surface area contributed by atoms with Gasteiger partial charge in [-0.1, -0.05) is 26.7 Å². The molecule has 0 aromatic rings. The van der Waals surface area contributed by atoms with E-state index in [1.165, 1.54) is 43.7 Å². The van der Waals surface area contributed by atoms with Crippen LogP contribution in [0.25, 0.3) is 0 Å². The van der Waals surface area contributed by atoms with E-state index in [0.29, 0.717) is 0 Å². The van der Waals surface area contributed by atoms with Gasteiger partial charge < -0.3 is 15.0 Å². The van der Waals surface area contributed by atoms with E-state index in [0.717, 1.165) is 57.2 Å². The molecule has 3 aliphatic heterocycles. The zero-order valence-electron chi connectivity index (χ0n) is 17.4. The molecular weight excluding hydrogens is 471 g/mol. The summed E-state index contributed by atoms with van der Waals surface area (Å²) < 4.78 is 5.59. The Labute approximate surface area is 187 Å². The molecule has 0 saturated carbocycles. The molecule has 3 saturated heterocycles. The molecule has 0 amide bonds. The van der Waals surface area contributed by atoms with Gasteiger partial charge in [-0.25, -0.2) is 0 Å². The lowest BCUT2D eigenvalue weighted by atomic mass is 9.87. The first-order chi connectivity index (χ1) is 12.7. The van der Waals surface area contributed by atoms with Crippen LogP contribution in [0, 0.1) is 11.8 Å². The largest absolute Gasteiger partial charge is 0.379 e. The molecule has 0 aliphatic carbocycles. The van der Waals surface area contributed by atoms with E-state index in [1.54, 1.807) is 0 Å². The van der Waals surface area contributed by atoms with Gasteiger partial charge in [0.2, 0.25) is 0 Å². The fraction of sp³-hybridized carbons (Fsp3) is 0.950. The van der Waals surface area contributed by atoms with Crippen molar-refractivity contribution in [3.8, 4) is 0 Å². The summed E-state index contributed by atoms with van der Waals surface area (Å²) in [4.78, 5) is 9.81. The average Bonchev–Trinajstić information content (AvgIpc) is 3.35. The van der Waals surface area contributed by atoms with E-state index in [1.807, 2.05) is 7.05 Å². The zero-order chi connectivity index (χ0) is 18.4. The highest BCUT2D eigenvalue weighted by Gasteiger charge is 2.41. The highest BCUT2D eigenvalue weighted by atomic mass is 127. The minimum Gasteiger partial charge on any atom is -0.379 e. The van der Waals surface area contributed by atoms with Crippen molar-refractivity contribution in [3.05, 3.63) is 0 Å². The van der Waals surface area contributed by atoms with Crippen LogP contribution >= 0.6 is 35.7 Å². The molecule has 3 aliphatic rings. The molecule has 2 unspecified atom stereocenters. The summed E-state index contributed by atoms with van der Waals surface area (Å²) in [7, 11) is 1.94. The first kappa shape index (κ1) is 23.5. The van der Waals surface area contributed by atoms with Gasteiger partial charge in [0.25, 0.3) is 0 Å². The second-order valence-electron chi connectivity index (χ2n) is 8.10. The summed E-state index contributed by atoms with van der Waals surface area (Å²) in [6.07, 6.45) is 5.20. The SMILES string of the molecule is CCC(CC)C1CCN(C(=NC)NCC2(N3CCOCC3)CCSC2)C1.I. The van der Waals surface area contributed by atoms with Crippen LogP contribution in [0.5, 0.6) is 0 Å². The lowest BCUT2D eigenvalue weighted by molar-refractivity contribution is -0.0121. The van der Waals surface area contributed by atoms with Crippen LogP contribution in [0.4, 0.5) is 0 Å². The van der Waals surface area contributed by atoms with Crippen molar-refractivity contribution in [2.45, 2.75) is 45.1 Å². The maximum absolute atomic E-state index is 5.59. The minimum absolute atomic E-state index is 0. The Morgan fingerprint density at radius 2 is 2.00 bits per heavy atom. The van der Waals surface area contributed by atoms with Gasteiger partial charge in [0.15, 0.2) is 5.96 Å². The number of hydrogen-bond acceptors (Lipinski definition) is 4. The Kier molecular flexibility index (Phi) is 9.99. The van der Waals surface area contributed by atoms with Gasteiger partial charge in [-0.2, -0.15) is 11.8 Å². The van der Waals surface area contributed by atoms with Gasteiger partial charge in [0.1, 0.15) is 0 Å². The number of ether oxygens (including phenoxy) is 1. The monoisotopic (exact) mass is 510 g/mol. The molecule has 1 N–H and O–H groups in total. The predicted molar refractivity (Wildman–Crippen MR) is 128 cm³/mol. The molecular formula is C20H39IN4OS. The number of aliphatic imine (C=N–C) groups is 1. The molecule has 27 heavy (non-hydrogen) atoms. The fourth-order valence-corrected chi connectivity index (χ4v) is 6.51. The van der Waals surface area contributed by atoms with E-state index in [4.69, 9.17) is 4.74 Å². The van der Waals surface area contributed by atoms with Crippen molar-refractivity contribution in [2.75, 3.05) is 64.5 Å². The van der Waals surface area contributed by atoms with Crippen LogP contribution in [0.3, 0.4) is 0 Å². The number of nitrogens with one attached hydrogen (secondary N) is 1. The Bertz CT molecular complexity index is 463. The summed E-state index contributed by atoms with van der Waals surface area (Å²) in [5, 5.41) is 3.77. The summed E-state index contributed by atoms with van der Waals surface area (Å²) >= 11 is 2.10. The molecule has 3 heterocycles. The molecule has 0 aromatic heterocycles. The summed E-state index contributed by atoms with van der Waals surface area (Å²) in [6, 6.07) is 0. The third kappa shape index (κ3) is 5.66. The maximum atomic E-state index is 5.59. The van der Waals surface area contributed by atoms with Crippen LogP contribution in [0.2, 0.25) is 0 Å². The van der Waals surface area contributed by atoms with Crippen LogP contribution in [-0.4, -0.2) is 85.8 Å². The van der Waals surface area contributed by atoms with Crippen LogP contribution < -0.4 is 5.32 Å². The molecule has 2 atom stereocenters. The summed E-state index contributed by atoms with van der Waals surface area (Å²) in [5.74, 6) is 5.32. The van der Waals surface area contributed by atoms with E-state index in [2.05, 4.69) is 45.7 Å². The van der Waals surface area contributed by atoms with Crippen molar-refractivity contribution in [1.29, 1.82) is 0 Å². The highest BCUT2D eigenvalue weighted by Crippen LogP contribution is 2.34. The zero-order valence-corrected chi connectivity index (χ0v) is 20.6. The highest BCUT2D eigenvalue weighted by molar-refractivity contribution is 14.0. The molecule has 7 heteroatoms. The maximum Gasteiger partial charge on any atom is 0.193 e. The molecule has 3 rings (SSSR count). The quantitative estimate of drug-likeness (QED) is 0.338. The number of likely N-dealkylation sites (tertiary alicyclic amines) is 1. The molecule has 5 nitrogen and oxygen atoms in total. The van der Waals surface area contributed by atoms with Crippen molar-refractivity contribution < 1.29 is 4.74 Å². The number of guanidine groups is 1. The first-order valence-electron chi connectivity index (χ1n) is 10.6. The Balaban J connectivity index is 0.00000261. The average molecular weight is 511 g/mol. The molecule has 3 fully saturated rings. The minimum atomic E-state index is 0. The van der Waals surface area contributed by atoms with Crippen LogP contribution in [-0.2, 0) is 4.74 Å². The topological polar surface area (TPSA) is 40.1 Å². The Hall–Kier alpha value is 0.270. The number of halogens is 1. The van der Waals surface area contributed by atoms with E-state index in [-0.39, 0.29) is 29.5 Å². The van der Waals surface area contributed by atoms with Gasteiger partial charge in [-0.3, -0.25) is 9.89 Å². The van der Waals surface area contributed by atoms with Gasteiger partial charge in [-0.15, -0.1) is 24.0 Å². The van der Waals surface area contributed by atoms with Gasteiger partial charge >= 0.3 is 0 Å². The number of hydrogen-bond donors (Lipinski definition) is 1. The second-order valence-corrected chi connectivity index (χ2v) is 9.20. The van der Waals surface area contributed by atoms with Crippen molar-refractivity contribution in [2.24, 2.45) is 16.8 Å². The van der Waals surface area contributed by atoms with E-state index in [9.17, 15) is 0 Å². The number of morpholine rings is 1. The second kappa shape index (κ2) is 11.5. The van der Waals surface area contributed by atoms with Crippen molar-refractivity contribution in [1.82, 2.24) is 15.1 Å². The van der Waals surface area contributed by atoms with Gasteiger partial charge in [0.05, 0.1) is 13.2 Å². The lowest BCUT2D eigenvalue weighted by Gasteiger charge is -2.43. The standard InChI is InChI=1S/C20H38N4OS.HI/c1-4-17(5-2)18-6-8-23(14-18)19(21-3)22-15-20(7-13-26-16-20)24-9-11-25-12-10-24;/h17-18H,4-16H2,1-3H3,(H,21,22);1H. The fourth-order valence-electron chi connectivity index (χ4n) is 5.03.